The molecule has 5 nitrogen and oxygen atoms in total. The topological polar surface area (TPSA) is 57.7 Å². The largest absolute Gasteiger partial charge is 0.312 e. The number of benzene rings is 1. The van der Waals surface area contributed by atoms with Crippen LogP contribution in [0, 0.1) is 13.8 Å². The van der Waals surface area contributed by atoms with Crippen molar-refractivity contribution in [3.8, 4) is 0 Å². The van der Waals surface area contributed by atoms with Crippen LogP contribution < -0.4 is 4.90 Å². The second-order valence-corrected chi connectivity index (χ2v) is 5.62. The molecule has 0 radical (unpaired) electrons. The van der Waals surface area contributed by atoms with Crippen LogP contribution in [0.15, 0.2) is 18.2 Å². The number of carbonyl (C=O) groups is 3. The molecule has 1 aliphatic rings. The maximum Gasteiger partial charge on any atom is 0.229 e. The molecule has 1 aliphatic heterocycles. The highest BCUT2D eigenvalue weighted by molar-refractivity contribution is 6.02. The molecule has 22 heavy (non-hydrogen) atoms. The first-order valence-corrected chi connectivity index (χ1v) is 7.65. The third-order valence-corrected chi connectivity index (χ3v) is 3.98. The Morgan fingerprint density at radius 2 is 1.82 bits per heavy atom. The van der Waals surface area contributed by atoms with E-state index in [1.807, 2.05) is 39.0 Å². The predicted octanol–water partition coefficient (Wildman–Crippen LogP) is 2.20. The van der Waals surface area contributed by atoms with E-state index in [2.05, 4.69) is 0 Å². The molecule has 2 rings (SSSR count). The molecular formula is C17H22N2O3. The lowest BCUT2D eigenvalue weighted by Crippen LogP contribution is -2.36. The van der Waals surface area contributed by atoms with Crippen molar-refractivity contribution in [1.29, 1.82) is 0 Å². The maximum absolute atomic E-state index is 12.5. The molecule has 0 unspecified atom stereocenters. The number of imide groups is 1. The summed E-state index contributed by atoms with van der Waals surface area (Å²) in [5.74, 6) is -0.413. The Kier molecular flexibility index (Phi) is 4.96. The molecule has 0 N–H and O–H groups in total. The van der Waals surface area contributed by atoms with Crippen molar-refractivity contribution in [3.05, 3.63) is 29.3 Å². The summed E-state index contributed by atoms with van der Waals surface area (Å²) in [7, 11) is 0. The highest BCUT2D eigenvalue weighted by atomic mass is 16.2. The fourth-order valence-corrected chi connectivity index (χ4v) is 2.71. The molecule has 1 heterocycles. The summed E-state index contributed by atoms with van der Waals surface area (Å²) in [6.07, 6.45) is 0.696. The first-order valence-electron chi connectivity index (χ1n) is 7.65. The van der Waals surface area contributed by atoms with E-state index in [0.717, 1.165) is 16.8 Å². The Labute approximate surface area is 130 Å². The third-order valence-electron chi connectivity index (χ3n) is 3.98. The molecule has 1 aromatic carbocycles. The van der Waals surface area contributed by atoms with Gasteiger partial charge in [-0.3, -0.25) is 19.3 Å². The highest BCUT2D eigenvalue weighted by Gasteiger charge is 2.29. The molecule has 1 aromatic rings. The van der Waals surface area contributed by atoms with Crippen LogP contribution in [0.3, 0.4) is 0 Å². The Hall–Kier alpha value is -2.17. The van der Waals surface area contributed by atoms with Crippen LogP contribution >= 0.6 is 0 Å². The molecule has 0 aliphatic carbocycles. The fraction of sp³-hybridized carbons (Fsp3) is 0.471. The van der Waals surface area contributed by atoms with Crippen molar-refractivity contribution in [2.45, 2.75) is 40.0 Å². The molecule has 0 bridgehead atoms. The van der Waals surface area contributed by atoms with Crippen molar-refractivity contribution in [2.24, 2.45) is 0 Å². The second kappa shape index (κ2) is 6.73. The van der Waals surface area contributed by atoms with Gasteiger partial charge in [0.15, 0.2) is 0 Å². The van der Waals surface area contributed by atoms with Gasteiger partial charge < -0.3 is 4.90 Å². The molecule has 5 heteroatoms. The number of carbonyl (C=O) groups excluding carboxylic acids is 3. The van der Waals surface area contributed by atoms with Crippen LogP contribution in [0.25, 0.3) is 0 Å². The lowest BCUT2D eigenvalue weighted by atomic mass is 10.1. The van der Waals surface area contributed by atoms with E-state index in [1.54, 1.807) is 4.90 Å². The van der Waals surface area contributed by atoms with E-state index in [0.29, 0.717) is 6.54 Å². The number of nitrogens with zero attached hydrogens (tertiary/aromatic N) is 2. The van der Waals surface area contributed by atoms with Crippen molar-refractivity contribution in [3.63, 3.8) is 0 Å². The van der Waals surface area contributed by atoms with Gasteiger partial charge in [-0.15, -0.1) is 0 Å². The minimum absolute atomic E-state index is 0.0660. The minimum atomic E-state index is -0.174. The molecular weight excluding hydrogens is 280 g/mol. The monoisotopic (exact) mass is 302 g/mol. The second-order valence-electron chi connectivity index (χ2n) is 5.62. The first-order chi connectivity index (χ1) is 10.4. The zero-order chi connectivity index (χ0) is 16.3. The number of anilines is 1. The zero-order valence-electron chi connectivity index (χ0n) is 13.4. The van der Waals surface area contributed by atoms with Gasteiger partial charge in [-0.2, -0.15) is 0 Å². The standard InChI is InChI=1S/C17H22N2O3/c1-4-18(14-11-12(2)5-6-13(14)3)17(22)9-10-19-15(20)7-8-16(19)21/h5-6,11H,4,7-10H2,1-3H3. The van der Waals surface area contributed by atoms with Crippen LogP contribution in [-0.4, -0.2) is 35.7 Å². The van der Waals surface area contributed by atoms with Gasteiger partial charge in [0.2, 0.25) is 17.7 Å². The average Bonchev–Trinajstić information content (AvgIpc) is 2.80. The summed E-state index contributed by atoms with van der Waals surface area (Å²) < 4.78 is 0. The number of rotatable bonds is 5. The molecule has 118 valence electrons. The van der Waals surface area contributed by atoms with Gasteiger partial charge in [0.25, 0.3) is 0 Å². The van der Waals surface area contributed by atoms with E-state index in [-0.39, 0.29) is 43.5 Å². The maximum atomic E-state index is 12.5. The summed E-state index contributed by atoms with van der Waals surface area (Å²) >= 11 is 0. The molecule has 0 aromatic heterocycles. The van der Waals surface area contributed by atoms with Crippen LogP contribution in [0.1, 0.15) is 37.3 Å². The minimum Gasteiger partial charge on any atom is -0.312 e. The van der Waals surface area contributed by atoms with Gasteiger partial charge in [0, 0.05) is 38.0 Å². The molecule has 0 atom stereocenters. The lowest BCUT2D eigenvalue weighted by molar-refractivity contribution is -0.138. The number of aryl methyl sites for hydroxylation is 2. The Balaban J connectivity index is 2.07. The van der Waals surface area contributed by atoms with Crippen LogP contribution in [-0.2, 0) is 14.4 Å². The van der Waals surface area contributed by atoms with Crippen molar-refractivity contribution < 1.29 is 14.4 Å². The molecule has 0 spiro atoms. The van der Waals surface area contributed by atoms with Gasteiger partial charge in [0.05, 0.1) is 0 Å². The van der Waals surface area contributed by atoms with Gasteiger partial charge in [-0.1, -0.05) is 12.1 Å². The highest BCUT2D eigenvalue weighted by Crippen LogP contribution is 2.22. The van der Waals surface area contributed by atoms with Crippen LogP contribution in [0.4, 0.5) is 5.69 Å². The summed E-state index contributed by atoms with van der Waals surface area (Å²) in [5.41, 5.74) is 3.03. The van der Waals surface area contributed by atoms with Gasteiger partial charge in [0.1, 0.15) is 0 Å². The number of amides is 3. The van der Waals surface area contributed by atoms with E-state index in [1.165, 1.54) is 4.90 Å². The van der Waals surface area contributed by atoms with Crippen molar-refractivity contribution in [1.82, 2.24) is 4.90 Å². The zero-order valence-corrected chi connectivity index (χ0v) is 13.4. The third kappa shape index (κ3) is 3.35. The molecule has 0 saturated carbocycles. The summed E-state index contributed by atoms with van der Waals surface area (Å²) in [6, 6.07) is 6.00. The van der Waals surface area contributed by atoms with Crippen molar-refractivity contribution in [2.75, 3.05) is 18.0 Å². The van der Waals surface area contributed by atoms with E-state index in [9.17, 15) is 14.4 Å². The Morgan fingerprint density at radius 3 is 2.41 bits per heavy atom. The summed E-state index contributed by atoms with van der Waals surface area (Å²) in [4.78, 5) is 38.6. The lowest BCUT2D eigenvalue weighted by Gasteiger charge is -2.24. The smallest absolute Gasteiger partial charge is 0.229 e. The van der Waals surface area contributed by atoms with Gasteiger partial charge >= 0.3 is 0 Å². The molecule has 3 amide bonds. The fourth-order valence-electron chi connectivity index (χ4n) is 2.71. The van der Waals surface area contributed by atoms with E-state index < -0.39 is 0 Å². The normalized spacial score (nSPS) is 14.6. The molecule has 1 saturated heterocycles. The number of hydrogen-bond donors (Lipinski definition) is 0. The van der Waals surface area contributed by atoms with E-state index in [4.69, 9.17) is 0 Å². The Bertz CT molecular complexity index is 594. The van der Waals surface area contributed by atoms with Crippen molar-refractivity contribution >= 4 is 23.4 Å². The van der Waals surface area contributed by atoms with Gasteiger partial charge in [-0.05, 0) is 38.0 Å². The SMILES string of the molecule is CCN(C(=O)CCN1C(=O)CCC1=O)c1cc(C)ccc1C. The first kappa shape index (κ1) is 16.2. The van der Waals surface area contributed by atoms with Gasteiger partial charge in [-0.25, -0.2) is 0 Å². The quantitative estimate of drug-likeness (QED) is 0.783. The van der Waals surface area contributed by atoms with E-state index >= 15 is 0 Å². The van der Waals surface area contributed by atoms with Crippen LogP contribution in [0.5, 0.6) is 0 Å². The summed E-state index contributed by atoms with van der Waals surface area (Å²) in [6.45, 7) is 6.62. The Morgan fingerprint density at radius 1 is 1.18 bits per heavy atom. The number of hydrogen-bond acceptors (Lipinski definition) is 3. The molecule has 1 fully saturated rings. The summed E-state index contributed by atoms with van der Waals surface area (Å²) in [5, 5.41) is 0. The average molecular weight is 302 g/mol. The predicted molar refractivity (Wildman–Crippen MR) is 84.5 cm³/mol. The van der Waals surface area contributed by atoms with Crippen LogP contribution in [0.2, 0.25) is 0 Å². The number of likely N-dealkylation sites (tertiary alicyclic amines) is 1.